The molecule has 158 valence electrons. The summed E-state index contributed by atoms with van der Waals surface area (Å²) in [5, 5.41) is 13.0. The number of aliphatic hydroxyl groups is 1. The number of methoxy groups -OCH3 is 1. The van der Waals surface area contributed by atoms with E-state index in [4.69, 9.17) is 16.3 Å². The van der Waals surface area contributed by atoms with Crippen LogP contribution in [0.2, 0.25) is 5.02 Å². The van der Waals surface area contributed by atoms with Crippen molar-refractivity contribution in [3.05, 3.63) is 98.4 Å². The number of rotatable bonds is 7. The number of hydrogen-bond donors (Lipinski definition) is 1. The van der Waals surface area contributed by atoms with Crippen molar-refractivity contribution in [2.75, 3.05) is 13.7 Å². The lowest BCUT2D eigenvalue weighted by atomic mass is 9.95. The van der Waals surface area contributed by atoms with Crippen molar-refractivity contribution in [1.29, 1.82) is 0 Å². The molecule has 4 rings (SSSR count). The minimum absolute atomic E-state index is 0.101. The number of thiophene rings is 1. The highest BCUT2D eigenvalue weighted by atomic mass is 35.5. The van der Waals surface area contributed by atoms with Gasteiger partial charge in [0.25, 0.3) is 5.91 Å². The topological polar surface area (TPSA) is 66.8 Å². The number of ether oxygens (including phenoxy) is 1. The molecule has 0 unspecified atom stereocenters. The molecule has 5 nitrogen and oxygen atoms in total. The Bertz CT molecular complexity index is 1120. The van der Waals surface area contributed by atoms with E-state index < -0.39 is 17.7 Å². The Morgan fingerprint density at radius 1 is 1.13 bits per heavy atom. The third-order valence-corrected chi connectivity index (χ3v) is 6.40. The Morgan fingerprint density at radius 3 is 2.45 bits per heavy atom. The van der Waals surface area contributed by atoms with Gasteiger partial charge in [-0.25, -0.2) is 0 Å². The van der Waals surface area contributed by atoms with Crippen LogP contribution in [-0.2, 0) is 11.2 Å². The van der Waals surface area contributed by atoms with Crippen molar-refractivity contribution in [3.63, 3.8) is 0 Å². The van der Waals surface area contributed by atoms with Gasteiger partial charge in [-0.2, -0.15) is 0 Å². The van der Waals surface area contributed by atoms with E-state index in [9.17, 15) is 14.7 Å². The molecule has 0 saturated heterocycles. The number of nitrogens with zero attached hydrogens (tertiary/aromatic N) is 1. The van der Waals surface area contributed by atoms with Gasteiger partial charge in [0.05, 0.1) is 23.6 Å². The molecular weight excluding hydrogens is 434 g/mol. The van der Waals surface area contributed by atoms with Crippen LogP contribution in [0.3, 0.4) is 0 Å². The molecule has 1 aliphatic rings. The Kier molecular flexibility index (Phi) is 6.11. The number of Topliss-reactive ketones (excluding diaryl/α,β-unsaturated/α-hetero) is 1. The van der Waals surface area contributed by atoms with Crippen LogP contribution in [0.5, 0.6) is 5.75 Å². The lowest BCUT2D eigenvalue weighted by molar-refractivity contribution is -0.129. The van der Waals surface area contributed by atoms with Crippen molar-refractivity contribution in [3.8, 4) is 5.75 Å². The van der Waals surface area contributed by atoms with Gasteiger partial charge < -0.3 is 14.7 Å². The maximum absolute atomic E-state index is 13.2. The van der Waals surface area contributed by atoms with Crippen molar-refractivity contribution >= 4 is 34.6 Å². The fourth-order valence-corrected chi connectivity index (χ4v) is 4.49. The maximum Gasteiger partial charge on any atom is 0.290 e. The molecule has 0 spiro atoms. The Hall–Kier alpha value is -3.09. The van der Waals surface area contributed by atoms with Gasteiger partial charge in [-0.1, -0.05) is 41.9 Å². The molecule has 0 fully saturated rings. The minimum atomic E-state index is -0.683. The summed E-state index contributed by atoms with van der Waals surface area (Å²) in [6.45, 7) is 0.337. The second-order valence-electron chi connectivity index (χ2n) is 7.12. The number of carbonyl (C=O) groups excluding carboxylic acids is 2. The Labute approximate surface area is 189 Å². The molecule has 1 aromatic heterocycles. The van der Waals surface area contributed by atoms with Crippen LogP contribution in [-0.4, -0.2) is 35.4 Å². The molecule has 1 N–H and O–H groups in total. The van der Waals surface area contributed by atoms with Gasteiger partial charge in [-0.05, 0) is 53.3 Å². The lowest BCUT2D eigenvalue weighted by Gasteiger charge is -2.27. The molecule has 3 aromatic rings. The molecule has 1 aliphatic heterocycles. The first-order valence-electron chi connectivity index (χ1n) is 9.70. The molecule has 31 heavy (non-hydrogen) atoms. The molecule has 0 saturated carbocycles. The van der Waals surface area contributed by atoms with E-state index in [0.29, 0.717) is 22.9 Å². The Balaban J connectivity index is 1.67. The normalized spacial score (nSPS) is 16.1. The summed E-state index contributed by atoms with van der Waals surface area (Å²) >= 11 is 7.32. The predicted molar refractivity (Wildman–Crippen MR) is 121 cm³/mol. The second kappa shape index (κ2) is 8.96. The average Bonchev–Trinajstić information content (AvgIpc) is 3.41. The third kappa shape index (κ3) is 4.22. The number of hydrogen-bond acceptors (Lipinski definition) is 5. The molecule has 7 heteroatoms. The van der Waals surface area contributed by atoms with Crippen molar-refractivity contribution in [1.82, 2.24) is 4.90 Å². The zero-order valence-electron chi connectivity index (χ0n) is 16.7. The molecule has 1 atom stereocenters. The highest BCUT2D eigenvalue weighted by Crippen LogP contribution is 2.39. The largest absolute Gasteiger partial charge is 0.503 e. The zero-order valence-corrected chi connectivity index (χ0v) is 18.3. The van der Waals surface area contributed by atoms with Crippen LogP contribution in [0.15, 0.2) is 77.4 Å². The number of halogens is 1. The summed E-state index contributed by atoms with van der Waals surface area (Å²) in [7, 11) is 1.61. The summed E-state index contributed by atoms with van der Waals surface area (Å²) in [6.07, 6.45) is 0.563. The van der Waals surface area contributed by atoms with Crippen LogP contribution >= 0.6 is 22.9 Å². The average molecular weight is 454 g/mol. The molecule has 0 aliphatic carbocycles. The summed E-state index contributed by atoms with van der Waals surface area (Å²) in [5.41, 5.74) is 1.84. The second-order valence-corrected chi connectivity index (χ2v) is 8.50. The van der Waals surface area contributed by atoms with Crippen LogP contribution in [0.1, 0.15) is 26.8 Å². The van der Waals surface area contributed by atoms with E-state index in [-0.39, 0.29) is 11.4 Å². The van der Waals surface area contributed by atoms with Crippen LogP contribution in [0.25, 0.3) is 0 Å². The fraction of sp³-hybridized carbons (Fsp3) is 0.167. The SMILES string of the molecule is COc1ccc(CCN2C(=O)C(O)=C(C(=O)c3cccs3)[C@@H]2c2ccc(Cl)cc2)cc1. The van der Waals surface area contributed by atoms with Crippen molar-refractivity contribution < 1.29 is 19.4 Å². The summed E-state index contributed by atoms with van der Waals surface area (Å²) in [5.74, 6) is -0.627. The quantitative estimate of drug-likeness (QED) is 0.497. The number of aliphatic hydroxyl groups excluding tert-OH is 1. The van der Waals surface area contributed by atoms with Gasteiger partial charge in [0, 0.05) is 11.6 Å². The van der Waals surface area contributed by atoms with Gasteiger partial charge in [0.2, 0.25) is 5.78 Å². The first kappa shape index (κ1) is 21.2. The number of carbonyl (C=O) groups is 2. The molecular formula is C24H20ClNO4S. The highest BCUT2D eigenvalue weighted by Gasteiger charge is 2.43. The van der Waals surface area contributed by atoms with E-state index in [0.717, 1.165) is 16.9 Å². The molecule has 0 bridgehead atoms. The lowest BCUT2D eigenvalue weighted by Crippen LogP contribution is -2.33. The van der Waals surface area contributed by atoms with Crippen LogP contribution in [0.4, 0.5) is 0 Å². The number of benzene rings is 2. The zero-order chi connectivity index (χ0) is 22.0. The van der Waals surface area contributed by atoms with Crippen molar-refractivity contribution in [2.45, 2.75) is 12.5 Å². The molecule has 1 amide bonds. The van der Waals surface area contributed by atoms with E-state index in [1.165, 1.54) is 11.3 Å². The molecule has 0 radical (unpaired) electrons. The smallest absolute Gasteiger partial charge is 0.290 e. The maximum atomic E-state index is 13.2. The van der Waals surface area contributed by atoms with Gasteiger partial charge >= 0.3 is 0 Å². The summed E-state index contributed by atoms with van der Waals surface area (Å²) in [6, 6.07) is 17.3. The van der Waals surface area contributed by atoms with Gasteiger partial charge in [-0.3, -0.25) is 9.59 Å². The summed E-state index contributed by atoms with van der Waals surface area (Å²) in [4.78, 5) is 28.2. The standard InChI is InChI=1S/C24H20ClNO4S/c1-30-18-10-4-15(5-11-18)12-13-26-21(16-6-8-17(25)9-7-16)20(23(28)24(26)29)22(27)19-3-2-14-31-19/h2-11,14,21,28H,12-13H2,1H3/t21-/m0/s1. The third-order valence-electron chi connectivity index (χ3n) is 5.28. The minimum Gasteiger partial charge on any atom is -0.503 e. The highest BCUT2D eigenvalue weighted by molar-refractivity contribution is 7.12. The van der Waals surface area contributed by atoms with Crippen LogP contribution in [0, 0.1) is 0 Å². The predicted octanol–water partition coefficient (Wildman–Crippen LogP) is 5.23. The van der Waals surface area contributed by atoms with Gasteiger partial charge in [-0.15, -0.1) is 11.3 Å². The first-order valence-corrected chi connectivity index (χ1v) is 11.0. The number of ketones is 1. The summed E-state index contributed by atoms with van der Waals surface area (Å²) < 4.78 is 5.19. The molecule has 2 heterocycles. The van der Waals surface area contributed by atoms with E-state index in [2.05, 4.69) is 0 Å². The van der Waals surface area contributed by atoms with Crippen molar-refractivity contribution in [2.24, 2.45) is 0 Å². The van der Waals surface area contributed by atoms with E-state index >= 15 is 0 Å². The monoisotopic (exact) mass is 453 g/mol. The Morgan fingerprint density at radius 2 is 1.84 bits per heavy atom. The van der Waals surface area contributed by atoms with Gasteiger partial charge in [0.1, 0.15) is 5.75 Å². The van der Waals surface area contributed by atoms with E-state index in [1.807, 2.05) is 24.3 Å². The van der Waals surface area contributed by atoms with E-state index in [1.54, 1.807) is 53.8 Å². The van der Waals surface area contributed by atoms with Gasteiger partial charge in [0.15, 0.2) is 5.76 Å². The molecule has 2 aromatic carbocycles. The first-order chi connectivity index (χ1) is 15.0. The number of amides is 1. The van der Waals surface area contributed by atoms with Crippen LogP contribution < -0.4 is 4.74 Å². The fourth-order valence-electron chi connectivity index (χ4n) is 3.69.